The quantitative estimate of drug-likeness (QED) is 0.790. The molecule has 0 aliphatic heterocycles. The van der Waals surface area contributed by atoms with Crippen molar-refractivity contribution in [2.45, 2.75) is 6.42 Å². The van der Waals surface area contributed by atoms with Crippen molar-refractivity contribution < 1.29 is 4.79 Å². The maximum atomic E-state index is 12.2. The molecule has 116 valence electrons. The zero-order valence-electron chi connectivity index (χ0n) is 12.7. The first-order chi connectivity index (χ1) is 11.1. The van der Waals surface area contributed by atoms with Gasteiger partial charge in [0.1, 0.15) is 0 Å². The summed E-state index contributed by atoms with van der Waals surface area (Å²) in [5.74, 6) is -0.0959. The largest absolute Gasteiger partial charge is 0.326 e. The lowest BCUT2D eigenvalue weighted by molar-refractivity contribution is -0.115. The van der Waals surface area contributed by atoms with Crippen molar-refractivity contribution in [3.63, 3.8) is 0 Å². The van der Waals surface area contributed by atoms with E-state index in [1.165, 1.54) is 0 Å². The van der Waals surface area contributed by atoms with E-state index in [1.807, 2.05) is 55.7 Å². The van der Waals surface area contributed by atoms with Crippen LogP contribution >= 0.6 is 11.6 Å². The van der Waals surface area contributed by atoms with Crippen molar-refractivity contribution in [3.8, 4) is 11.1 Å². The Bertz CT molecular complexity index is 842. The van der Waals surface area contributed by atoms with Crippen LogP contribution in [-0.2, 0) is 18.3 Å². The van der Waals surface area contributed by atoms with Crippen LogP contribution in [0.2, 0.25) is 5.02 Å². The summed E-state index contributed by atoms with van der Waals surface area (Å²) in [5.41, 5.74) is 3.59. The van der Waals surface area contributed by atoms with E-state index in [9.17, 15) is 4.79 Å². The van der Waals surface area contributed by atoms with Crippen molar-refractivity contribution in [2.75, 3.05) is 5.32 Å². The third-order valence-electron chi connectivity index (χ3n) is 3.49. The average molecular weight is 326 g/mol. The number of carbonyl (C=O) groups is 1. The van der Waals surface area contributed by atoms with Crippen molar-refractivity contribution in [3.05, 3.63) is 71.5 Å². The first kappa shape index (κ1) is 15.3. The second kappa shape index (κ2) is 6.67. The Morgan fingerprint density at radius 3 is 2.74 bits per heavy atom. The Labute approximate surface area is 139 Å². The van der Waals surface area contributed by atoms with Gasteiger partial charge in [0.2, 0.25) is 5.91 Å². The SMILES string of the molecule is Cn1cc(-c2cccc(NC(=O)Cc3ccccc3Cl)c2)cn1. The minimum absolute atomic E-state index is 0.0959. The molecule has 0 aliphatic rings. The fraction of sp³-hybridized carbons (Fsp3) is 0.111. The highest BCUT2D eigenvalue weighted by Gasteiger charge is 2.08. The highest BCUT2D eigenvalue weighted by Crippen LogP contribution is 2.22. The number of amides is 1. The molecule has 0 bridgehead atoms. The summed E-state index contributed by atoms with van der Waals surface area (Å²) < 4.78 is 1.75. The molecule has 0 saturated carbocycles. The second-order valence-electron chi connectivity index (χ2n) is 5.30. The van der Waals surface area contributed by atoms with E-state index in [1.54, 1.807) is 16.9 Å². The molecule has 2 aromatic carbocycles. The lowest BCUT2D eigenvalue weighted by Crippen LogP contribution is -2.14. The van der Waals surface area contributed by atoms with Crippen molar-refractivity contribution in [1.29, 1.82) is 0 Å². The second-order valence-corrected chi connectivity index (χ2v) is 5.71. The standard InChI is InChI=1S/C18H16ClN3O/c1-22-12-15(11-20-22)13-6-4-7-16(9-13)21-18(23)10-14-5-2-3-8-17(14)19/h2-9,11-12H,10H2,1H3,(H,21,23). The third-order valence-corrected chi connectivity index (χ3v) is 3.86. The van der Waals surface area contributed by atoms with Crippen LogP contribution in [-0.4, -0.2) is 15.7 Å². The van der Waals surface area contributed by atoms with Crippen molar-refractivity contribution >= 4 is 23.2 Å². The van der Waals surface area contributed by atoms with E-state index in [0.717, 1.165) is 22.4 Å². The van der Waals surface area contributed by atoms with E-state index in [0.29, 0.717) is 5.02 Å². The molecule has 3 rings (SSSR count). The number of benzene rings is 2. The fourth-order valence-electron chi connectivity index (χ4n) is 2.37. The lowest BCUT2D eigenvalue weighted by atomic mass is 10.1. The molecular weight excluding hydrogens is 310 g/mol. The van der Waals surface area contributed by atoms with Crippen LogP contribution < -0.4 is 5.32 Å². The molecule has 0 aliphatic carbocycles. The number of nitrogens with one attached hydrogen (secondary N) is 1. The zero-order chi connectivity index (χ0) is 16.2. The van der Waals surface area contributed by atoms with Gasteiger partial charge in [-0.1, -0.05) is 41.9 Å². The Kier molecular flexibility index (Phi) is 4.44. The van der Waals surface area contributed by atoms with Crippen LogP contribution in [0, 0.1) is 0 Å². The highest BCUT2D eigenvalue weighted by atomic mass is 35.5. The number of halogens is 1. The summed E-state index contributed by atoms with van der Waals surface area (Å²) in [6.07, 6.45) is 3.98. The Morgan fingerprint density at radius 2 is 2.00 bits per heavy atom. The monoisotopic (exact) mass is 325 g/mol. The van der Waals surface area contributed by atoms with Crippen molar-refractivity contribution in [1.82, 2.24) is 9.78 Å². The predicted molar refractivity (Wildman–Crippen MR) is 92.4 cm³/mol. The number of anilines is 1. The van der Waals surface area contributed by atoms with Crippen LogP contribution in [0.25, 0.3) is 11.1 Å². The minimum Gasteiger partial charge on any atom is -0.326 e. The maximum absolute atomic E-state index is 12.2. The van der Waals surface area contributed by atoms with Gasteiger partial charge in [0.25, 0.3) is 0 Å². The van der Waals surface area contributed by atoms with E-state index in [4.69, 9.17) is 11.6 Å². The van der Waals surface area contributed by atoms with Crippen LogP contribution in [0.15, 0.2) is 60.9 Å². The number of hydrogen-bond acceptors (Lipinski definition) is 2. The van der Waals surface area contributed by atoms with E-state index in [2.05, 4.69) is 10.4 Å². The average Bonchev–Trinajstić information content (AvgIpc) is 2.96. The van der Waals surface area contributed by atoms with Crippen LogP contribution in [0.4, 0.5) is 5.69 Å². The van der Waals surface area contributed by atoms with Gasteiger partial charge in [-0.2, -0.15) is 5.10 Å². The summed E-state index contributed by atoms with van der Waals surface area (Å²) in [6, 6.07) is 15.1. The molecule has 1 amide bonds. The molecular formula is C18H16ClN3O. The number of rotatable bonds is 4. The highest BCUT2D eigenvalue weighted by molar-refractivity contribution is 6.31. The first-order valence-electron chi connectivity index (χ1n) is 7.24. The van der Waals surface area contributed by atoms with Gasteiger partial charge in [0.15, 0.2) is 0 Å². The lowest BCUT2D eigenvalue weighted by Gasteiger charge is -2.08. The molecule has 1 N–H and O–H groups in total. The Hall–Kier alpha value is -2.59. The van der Waals surface area contributed by atoms with Gasteiger partial charge in [-0.3, -0.25) is 9.48 Å². The summed E-state index contributed by atoms with van der Waals surface area (Å²) >= 11 is 6.09. The van der Waals surface area contributed by atoms with E-state index in [-0.39, 0.29) is 12.3 Å². The molecule has 0 atom stereocenters. The summed E-state index contributed by atoms with van der Waals surface area (Å²) in [7, 11) is 1.87. The molecule has 1 aromatic heterocycles. The molecule has 0 spiro atoms. The summed E-state index contributed by atoms with van der Waals surface area (Å²) in [5, 5.41) is 7.68. The molecule has 23 heavy (non-hydrogen) atoms. The zero-order valence-corrected chi connectivity index (χ0v) is 13.4. The maximum Gasteiger partial charge on any atom is 0.228 e. The Balaban J connectivity index is 1.73. The predicted octanol–water partition coefficient (Wildman–Crippen LogP) is 3.92. The first-order valence-corrected chi connectivity index (χ1v) is 7.62. The van der Waals surface area contributed by atoms with Crippen LogP contribution in [0.1, 0.15) is 5.56 Å². The Morgan fingerprint density at radius 1 is 1.17 bits per heavy atom. The summed E-state index contributed by atoms with van der Waals surface area (Å²) in [6.45, 7) is 0. The van der Waals surface area contributed by atoms with Gasteiger partial charge in [0.05, 0.1) is 12.6 Å². The van der Waals surface area contributed by atoms with Gasteiger partial charge in [-0.05, 0) is 29.3 Å². The summed E-state index contributed by atoms with van der Waals surface area (Å²) in [4.78, 5) is 12.2. The molecule has 0 unspecified atom stereocenters. The minimum atomic E-state index is -0.0959. The molecule has 0 radical (unpaired) electrons. The number of hydrogen-bond donors (Lipinski definition) is 1. The number of aryl methyl sites for hydroxylation is 1. The smallest absolute Gasteiger partial charge is 0.228 e. The van der Waals surface area contributed by atoms with Gasteiger partial charge in [-0.15, -0.1) is 0 Å². The van der Waals surface area contributed by atoms with Crippen molar-refractivity contribution in [2.24, 2.45) is 7.05 Å². The molecule has 4 nitrogen and oxygen atoms in total. The number of nitrogens with zero attached hydrogens (tertiary/aromatic N) is 2. The normalized spacial score (nSPS) is 10.5. The van der Waals surface area contributed by atoms with E-state index >= 15 is 0 Å². The third kappa shape index (κ3) is 3.79. The van der Waals surface area contributed by atoms with Gasteiger partial charge in [-0.25, -0.2) is 0 Å². The van der Waals surface area contributed by atoms with E-state index < -0.39 is 0 Å². The fourth-order valence-corrected chi connectivity index (χ4v) is 2.57. The molecule has 3 aromatic rings. The molecule has 0 saturated heterocycles. The van der Waals surface area contributed by atoms with Gasteiger partial charge in [0, 0.05) is 29.5 Å². The number of aromatic nitrogens is 2. The molecule has 5 heteroatoms. The van der Waals surface area contributed by atoms with Crippen LogP contribution in [0.5, 0.6) is 0 Å². The molecule has 1 heterocycles. The topological polar surface area (TPSA) is 46.9 Å². The van der Waals surface area contributed by atoms with Gasteiger partial charge < -0.3 is 5.32 Å². The van der Waals surface area contributed by atoms with Crippen LogP contribution in [0.3, 0.4) is 0 Å². The molecule has 0 fully saturated rings. The van der Waals surface area contributed by atoms with Gasteiger partial charge >= 0.3 is 0 Å². The number of carbonyl (C=O) groups excluding carboxylic acids is 1.